The van der Waals surface area contributed by atoms with E-state index in [1.165, 1.54) is 0 Å². The van der Waals surface area contributed by atoms with Gasteiger partial charge in [0, 0.05) is 25.7 Å². The maximum atomic E-state index is 11.2. The fourth-order valence-electron chi connectivity index (χ4n) is 5.30. The number of nitrogens with one attached hydrogen (secondary N) is 1. The molecule has 9 nitrogen and oxygen atoms in total. The van der Waals surface area contributed by atoms with E-state index in [1.807, 2.05) is 66.7 Å². The fourth-order valence-corrected chi connectivity index (χ4v) is 6.90. The van der Waals surface area contributed by atoms with Crippen LogP contribution in [0, 0.1) is 0 Å². The van der Waals surface area contributed by atoms with Crippen LogP contribution in [0.5, 0.6) is 11.5 Å². The molecule has 0 fully saturated rings. The molecule has 2 N–H and O–H groups in total. The van der Waals surface area contributed by atoms with Gasteiger partial charge in [-0.2, -0.15) is 0 Å². The largest absolute Gasteiger partial charge is 0.497 e. The molecular weight excluding hydrogens is 579 g/mol. The molecule has 3 aromatic carbocycles. The van der Waals surface area contributed by atoms with Crippen LogP contribution >= 0.6 is 8.53 Å². The van der Waals surface area contributed by atoms with Crippen molar-refractivity contribution in [2.24, 2.45) is 0 Å². The monoisotopic (exact) mass is 626 g/mol. The van der Waals surface area contributed by atoms with Gasteiger partial charge >= 0.3 is 6.09 Å². The van der Waals surface area contributed by atoms with E-state index in [9.17, 15) is 9.90 Å². The van der Waals surface area contributed by atoms with Gasteiger partial charge in [-0.15, -0.1) is 0 Å². The predicted octanol–water partition coefficient (Wildman–Crippen LogP) is 7.44. The molecular formula is C34H47N2O7P. The number of carbonyl (C=O) groups is 1. The summed E-state index contributed by atoms with van der Waals surface area (Å²) in [6.45, 7) is 9.01. The Labute approximate surface area is 263 Å². The van der Waals surface area contributed by atoms with Gasteiger partial charge in [-0.3, -0.25) is 0 Å². The number of hydrogen-bond acceptors (Lipinski definition) is 7. The van der Waals surface area contributed by atoms with Gasteiger partial charge in [-0.05, 0) is 81.5 Å². The van der Waals surface area contributed by atoms with Crippen LogP contribution in [0.25, 0.3) is 0 Å². The minimum Gasteiger partial charge on any atom is -0.497 e. The minimum atomic E-state index is -1.38. The summed E-state index contributed by atoms with van der Waals surface area (Å²) in [5, 5.41) is 11.7. The lowest BCUT2D eigenvalue weighted by Crippen LogP contribution is -2.36. The number of carboxylic acid groups (broad SMARTS) is 1. The first-order valence-corrected chi connectivity index (χ1v) is 16.0. The van der Waals surface area contributed by atoms with Crippen molar-refractivity contribution in [3.63, 3.8) is 0 Å². The van der Waals surface area contributed by atoms with Crippen LogP contribution in [0.2, 0.25) is 0 Å². The third-order valence-electron chi connectivity index (χ3n) is 7.32. The van der Waals surface area contributed by atoms with Crippen molar-refractivity contribution in [3.05, 3.63) is 95.6 Å². The quantitative estimate of drug-likeness (QED) is 0.111. The fraction of sp³-hybridized carbons (Fsp3) is 0.441. The Morgan fingerprint density at radius 1 is 0.795 bits per heavy atom. The lowest BCUT2D eigenvalue weighted by atomic mass is 9.80. The Bertz CT molecular complexity index is 1200. The Kier molecular flexibility index (Phi) is 13.9. The van der Waals surface area contributed by atoms with Gasteiger partial charge in [0.15, 0.2) is 0 Å². The molecule has 3 rings (SSSR count). The molecule has 0 bridgehead atoms. The molecule has 44 heavy (non-hydrogen) atoms. The second kappa shape index (κ2) is 17.3. The lowest BCUT2D eigenvalue weighted by molar-refractivity contribution is -0.00453. The van der Waals surface area contributed by atoms with Crippen LogP contribution in [0.3, 0.4) is 0 Å². The molecule has 1 amide bonds. The van der Waals surface area contributed by atoms with E-state index in [-0.39, 0.29) is 24.7 Å². The Hall–Kier alpha value is -3.20. The average molecular weight is 627 g/mol. The van der Waals surface area contributed by atoms with Gasteiger partial charge in [0.05, 0.1) is 26.9 Å². The van der Waals surface area contributed by atoms with E-state index in [1.54, 1.807) is 21.3 Å². The standard InChI is InChI=1S/C34H47N2O7P/c1-25(2)36(26(3)4)44(41-7)43-32(21-23-35-33(37)38)22-24-42-34(27-11-9-8-10-12-27,28-13-17-30(39-5)18-14-28)29-15-19-31(40-6)20-16-29/h8-20,25-26,32,35H,21-24H2,1-7H3,(H,37,38). The summed E-state index contributed by atoms with van der Waals surface area (Å²) in [4.78, 5) is 11.2. The zero-order valence-corrected chi connectivity index (χ0v) is 27.8. The van der Waals surface area contributed by atoms with Crippen LogP contribution in [0.1, 0.15) is 57.2 Å². The molecule has 240 valence electrons. The summed E-state index contributed by atoms with van der Waals surface area (Å²) >= 11 is 0. The van der Waals surface area contributed by atoms with Crippen molar-refractivity contribution in [3.8, 4) is 11.5 Å². The van der Waals surface area contributed by atoms with Gasteiger partial charge in [-0.1, -0.05) is 54.6 Å². The second-order valence-electron chi connectivity index (χ2n) is 10.9. The smallest absolute Gasteiger partial charge is 0.404 e. The molecule has 2 atom stereocenters. The van der Waals surface area contributed by atoms with Crippen LogP contribution < -0.4 is 14.8 Å². The molecule has 2 unspecified atom stereocenters. The zero-order chi connectivity index (χ0) is 32.1. The highest BCUT2D eigenvalue weighted by Crippen LogP contribution is 2.47. The number of rotatable bonds is 18. The van der Waals surface area contributed by atoms with Crippen LogP contribution in [-0.4, -0.2) is 68.5 Å². The first-order valence-electron chi connectivity index (χ1n) is 14.9. The summed E-state index contributed by atoms with van der Waals surface area (Å²) in [5.41, 5.74) is 1.87. The lowest BCUT2D eigenvalue weighted by Gasteiger charge is -2.38. The Morgan fingerprint density at radius 3 is 1.73 bits per heavy atom. The predicted molar refractivity (Wildman–Crippen MR) is 174 cm³/mol. The first-order chi connectivity index (χ1) is 21.2. The summed E-state index contributed by atoms with van der Waals surface area (Å²) in [6.07, 6.45) is -0.421. The summed E-state index contributed by atoms with van der Waals surface area (Å²) < 4.78 is 32.6. The summed E-state index contributed by atoms with van der Waals surface area (Å²) in [7, 11) is 3.56. The molecule has 0 spiro atoms. The highest BCUT2D eigenvalue weighted by Gasteiger charge is 2.38. The van der Waals surface area contributed by atoms with Crippen LogP contribution in [0.4, 0.5) is 4.79 Å². The molecule has 0 aliphatic heterocycles. The SMILES string of the molecule is COc1ccc(C(OCCC(CCNC(=O)O)OP(OC)N(C(C)C)C(C)C)(c2ccccc2)c2ccc(OC)cc2)cc1. The van der Waals surface area contributed by atoms with Crippen molar-refractivity contribution in [1.82, 2.24) is 9.99 Å². The summed E-state index contributed by atoms with van der Waals surface area (Å²) in [6, 6.07) is 26.3. The number of benzene rings is 3. The zero-order valence-electron chi connectivity index (χ0n) is 26.9. The molecule has 0 radical (unpaired) electrons. The normalized spacial score (nSPS) is 13.2. The van der Waals surface area contributed by atoms with Crippen molar-refractivity contribution < 1.29 is 33.2 Å². The van der Waals surface area contributed by atoms with Gasteiger partial charge in [0.1, 0.15) is 17.1 Å². The van der Waals surface area contributed by atoms with Gasteiger partial charge in [0.25, 0.3) is 8.53 Å². The third kappa shape index (κ3) is 9.16. The van der Waals surface area contributed by atoms with Crippen LogP contribution in [0.15, 0.2) is 78.9 Å². The number of methoxy groups -OCH3 is 2. The van der Waals surface area contributed by atoms with E-state index < -0.39 is 20.2 Å². The topological polar surface area (TPSA) is 98.7 Å². The van der Waals surface area contributed by atoms with Gasteiger partial charge in [-0.25, -0.2) is 9.46 Å². The Balaban J connectivity index is 2.00. The number of nitrogens with zero attached hydrogens (tertiary/aromatic N) is 1. The van der Waals surface area contributed by atoms with Crippen molar-refractivity contribution in [2.45, 2.75) is 64.3 Å². The maximum absolute atomic E-state index is 11.2. The molecule has 0 aliphatic rings. The van der Waals surface area contributed by atoms with E-state index in [0.29, 0.717) is 19.4 Å². The second-order valence-corrected chi connectivity index (χ2v) is 12.4. The maximum Gasteiger partial charge on any atom is 0.404 e. The Morgan fingerprint density at radius 2 is 1.30 bits per heavy atom. The molecule has 0 saturated heterocycles. The molecule has 10 heteroatoms. The molecule has 0 saturated carbocycles. The molecule has 0 aliphatic carbocycles. The van der Waals surface area contributed by atoms with Gasteiger partial charge in [0.2, 0.25) is 0 Å². The highest BCUT2D eigenvalue weighted by molar-refractivity contribution is 7.44. The van der Waals surface area contributed by atoms with E-state index in [0.717, 1.165) is 28.2 Å². The molecule has 0 heterocycles. The highest BCUT2D eigenvalue weighted by atomic mass is 31.2. The average Bonchev–Trinajstić information content (AvgIpc) is 3.02. The van der Waals surface area contributed by atoms with E-state index in [4.69, 9.17) is 23.3 Å². The molecule has 0 aromatic heterocycles. The van der Waals surface area contributed by atoms with E-state index >= 15 is 0 Å². The number of ether oxygens (including phenoxy) is 3. The van der Waals surface area contributed by atoms with Gasteiger partial charge < -0.3 is 33.7 Å². The van der Waals surface area contributed by atoms with E-state index in [2.05, 4.69) is 49.8 Å². The first kappa shape index (κ1) is 35.3. The summed E-state index contributed by atoms with van der Waals surface area (Å²) in [5.74, 6) is 1.50. The van der Waals surface area contributed by atoms with Crippen molar-refractivity contribution in [2.75, 3.05) is 34.5 Å². The number of hydrogen-bond donors (Lipinski definition) is 2. The van der Waals surface area contributed by atoms with Crippen LogP contribution in [-0.2, 0) is 19.4 Å². The minimum absolute atomic E-state index is 0.200. The molecule has 3 aromatic rings. The third-order valence-corrected chi connectivity index (χ3v) is 9.41. The number of amides is 1. The van der Waals surface area contributed by atoms with Crippen molar-refractivity contribution in [1.29, 1.82) is 0 Å². The van der Waals surface area contributed by atoms with Crippen molar-refractivity contribution >= 4 is 14.6 Å².